The van der Waals surface area contributed by atoms with Crippen molar-refractivity contribution in [3.05, 3.63) is 71.2 Å². The first-order valence-corrected chi connectivity index (χ1v) is 9.61. The quantitative estimate of drug-likeness (QED) is 0.653. The monoisotopic (exact) mass is 366 g/mol. The molecule has 134 valence electrons. The molecule has 5 heteroatoms. The average Bonchev–Trinajstić information content (AvgIpc) is 3.11. The molecule has 1 heterocycles. The Morgan fingerprint density at radius 3 is 2.69 bits per heavy atom. The molecule has 0 atom stereocenters. The topological polar surface area (TPSA) is 51.2 Å². The molecule has 0 radical (unpaired) electrons. The molecule has 3 rings (SSSR count). The molecular formula is C21H22N2O2S. The van der Waals surface area contributed by atoms with Crippen molar-refractivity contribution in [2.24, 2.45) is 0 Å². The van der Waals surface area contributed by atoms with E-state index in [1.54, 1.807) is 0 Å². The van der Waals surface area contributed by atoms with E-state index in [9.17, 15) is 4.79 Å². The normalized spacial score (nSPS) is 10.5. The van der Waals surface area contributed by atoms with Crippen LogP contribution in [0.5, 0.6) is 5.75 Å². The van der Waals surface area contributed by atoms with Crippen molar-refractivity contribution in [1.29, 1.82) is 0 Å². The van der Waals surface area contributed by atoms with Crippen molar-refractivity contribution < 1.29 is 9.53 Å². The van der Waals surface area contributed by atoms with Crippen LogP contribution in [0.4, 0.5) is 0 Å². The number of para-hydroxylation sites is 1. The molecular weight excluding hydrogens is 344 g/mol. The zero-order chi connectivity index (χ0) is 18.2. The Labute approximate surface area is 157 Å². The number of rotatable bonds is 8. The van der Waals surface area contributed by atoms with Gasteiger partial charge in [-0.1, -0.05) is 42.5 Å². The van der Waals surface area contributed by atoms with Crippen LogP contribution >= 0.6 is 11.3 Å². The highest BCUT2D eigenvalue weighted by Gasteiger charge is 2.12. The number of amides is 1. The largest absolute Gasteiger partial charge is 0.493 e. The summed E-state index contributed by atoms with van der Waals surface area (Å²) in [5.41, 5.74) is 2.97. The van der Waals surface area contributed by atoms with Crippen LogP contribution in [0.2, 0.25) is 0 Å². The van der Waals surface area contributed by atoms with Crippen LogP contribution in [-0.4, -0.2) is 24.0 Å². The lowest BCUT2D eigenvalue weighted by Crippen LogP contribution is -2.27. The van der Waals surface area contributed by atoms with Gasteiger partial charge in [-0.2, -0.15) is 0 Å². The zero-order valence-corrected chi connectivity index (χ0v) is 15.6. The van der Waals surface area contributed by atoms with Gasteiger partial charge in [0, 0.05) is 11.9 Å². The third-order valence-electron chi connectivity index (χ3n) is 3.89. The van der Waals surface area contributed by atoms with Gasteiger partial charge in [0.2, 0.25) is 5.91 Å². The third kappa shape index (κ3) is 4.92. The number of hydrogen-bond donors (Lipinski definition) is 1. The van der Waals surface area contributed by atoms with E-state index in [2.05, 4.69) is 22.4 Å². The first-order chi connectivity index (χ1) is 12.8. The van der Waals surface area contributed by atoms with E-state index in [0.29, 0.717) is 19.6 Å². The Hall–Kier alpha value is -2.66. The van der Waals surface area contributed by atoms with Crippen LogP contribution in [0.25, 0.3) is 10.6 Å². The minimum Gasteiger partial charge on any atom is -0.493 e. The predicted molar refractivity (Wildman–Crippen MR) is 106 cm³/mol. The van der Waals surface area contributed by atoms with Gasteiger partial charge in [0.25, 0.3) is 0 Å². The van der Waals surface area contributed by atoms with Crippen molar-refractivity contribution >= 4 is 17.2 Å². The lowest BCUT2D eigenvalue weighted by molar-refractivity contribution is -0.120. The lowest BCUT2D eigenvalue weighted by Gasteiger charge is -2.07. The molecule has 0 unspecified atom stereocenters. The standard InChI is InChI=1S/C21H22N2O2S/c1-2-25-19-11-7-6-10-18(19)21-23-17(15-26-21)14-20(24)22-13-12-16-8-4-3-5-9-16/h3-11,15H,2,12-14H2,1H3,(H,22,24). The molecule has 4 nitrogen and oxygen atoms in total. The highest BCUT2D eigenvalue weighted by molar-refractivity contribution is 7.13. The van der Waals surface area contributed by atoms with Crippen molar-refractivity contribution in [2.75, 3.05) is 13.2 Å². The Kier molecular flexibility index (Phi) is 6.39. The summed E-state index contributed by atoms with van der Waals surface area (Å²) in [5.74, 6) is 0.819. The summed E-state index contributed by atoms with van der Waals surface area (Å²) in [7, 11) is 0. The number of thiazole rings is 1. The van der Waals surface area contributed by atoms with E-state index >= 15 is 0 Å². The highest BCUT2D eigenvalue weighted by Crippen LogP contribution is 2.32. The van der Waals surface area contributed by atoms with Gasteiger partial charge < -0.3 is 10.1 Å². The van der Waals surface area contributed by atoms with Gasteiger partial charge in [0.1, 0.15) is 10.8 Å². The van der Waals surface area contributed by atoms with Crippen molar-refractivity contribution in [2.45, 2.75) is 19.8 Å². The minimum atomic E-state index is -0.00382. The number of aromatic nitrogens is 1. The molecule has 2 aromatic carbocycles. The second-order valence-corrected chi connectivity index (χ2v) is 6.69. The number of nitrogens with one attached hydrogen (secondary N) is 1. The van der Waals surface area contributed by atoms with E-state index in [4.69, 9.17) is 4.74 Å². The number of hydrogen-bond acceptors (Lipinski definition) is 4. The first kappa shape index (κ1) is 18.1. The molecule has 0 fully saturated rings. The maximum Gasteiger partial charge on any atom is 0.226 e. The van der Waals surface area contributed by atoms with E-state index < -0.39 is 0 Å². The Morgan fingerprint density at radius 2 is 1.88 bits per heavy atom. The summed E-state index contributed by atoms with van der Waals surface area (Å²) in [6, 6.07) is 18.0. The summed E-state index contributed by atoms with van der Waals surface area (Å²) < 4.78 is 5.66. The van der Waals surface area contributed by atoms with Crippen LogP contribution in [0.15, 0.2) is 60.0 Å². The molecule has 0 aliphatic carbocycles. The number of carbonyl (C=O) groups is 1. The molecule has 26 heavy (non-hydrogen) atoms. The molecule has 1 amide bonds. The zero-order valence-electron chi connectivity index (χ0n) is 14.8. The van der Waals surface area contributed by atoms with Crippen molar-refractivity contribution in [3.8, 4) is 16.3 Å². The van der Waals surface area contributed by atoms with Crippen LogP contribution in [0.3, 0.4) is 0 Å². The first-order valence-electron chi connectivity index (χ1n) is 8.73. The number of nitrogens with zero attached hydrogens (tertiary/aromatic N) is 1. The lowest BCUT2D eigenvalue weighted by atomic mass is 10.1. The fourth-order valence-electron chi connectivity index (χ4n) is 2.65. The molecule has 1 aromatic heterocycles. The van der Waals surface area contributed by atoms with Crippen LogP contribution in [0, 0.1) is 0 Å². The minimum absolute atomic E-state index is 0.00382. The molecule has 0 aliphatic rings. The van der Waals surface area contributed by atoms with Gasteiger partial charge in [0.15, 0.2) is 0 Å². The molecule has 0 saturated carbocycles. The summed E-state index contributed by atoms with van der Waals surface area (Å²) in [6.45, 7) is 3.20. The van der Waals surface area contributed by atoms with Crippen molar-refractivity contribution in [3.63, 3.8) is 0 Å². The average molecular weight is 366 g/mol. The Morgan fingerprint density at radius 1 is 1.12 bits per heavy atom. The fourth-order valence-corrected chi connectivity index (χ4v) is 3.50. The van der Waals surface area contributed by atoms with Crippen LogP contribution < -0.4 is 10.1 Å². The molecule has 0 saturated heterocycles. The van der Waals surface area contributed by atoms with E-state index in [1.807, 2.05) is 54.8 Å². The highest BCUT2D eigenvalue weighted by atomic mass is 32.1. The number of ether oxygens (including phenoxy) is 1. The fraction of sp³-hybridized carbons (Fsp3) is 0.238. The second-order valence-electron chi connectivity index (χ2n) is 5.84. The van der Waals surface area contributed by atoms with Gasteiger partial charge in [0.05, 0.1) is 24.3 Å². The predicted octanol–water partition coefficient (Wildman–Crippen LogP) is 4.11. The Bertz CT molecular complexity index is 846. The molecule has 0 aliphatic heterocycles. The van der Waals surface area contributed by atoms with E-state index in [0.717, 1.165) is 28.4 Å². The summed E-state index contributed by atoms with van der Waals surface area (Å²) in [4.78, 5) is 16.8. The number of carbonyl (C=O) groups excluding carboxylic acids is 1. The van der Waals surface area contributed by atoms with Gasteiger partial charge in [-0.15, -0.1) is 11.3 Å². The van der Waals surface area contributed by atoms with Gasteiger partial charge in [-0.25, -0.2) is 4.98 Å². The van der Waals surface area contributed by atoms with Gasteiger partial charge >= 0.3 is 0 Å². The summed E-state index contributed by atoms with van der Waals surface area (Å²) >= 11 is 1.53. The van der Waals surface area contributed by atoms with E-state index in [-0.39, 0.29) is 5.91 Å². The van der Waals surface area contributed by atoms with Gasteiger partial charge in [-0.3, -0.25) is 4.79 Å². The maximum atomic E-state index is 12.1. The van der Waals surface area contributed by atoms with Gasteiger partial charge in [-0.05, 0) is 31.0 Å². The molecule has 1 N–H and O–H groups in total. The molecule has 0 bridgehead atoms. The smallest absolute Gasteiger partial charge is 0.226 e. The van der Waals surface area contributed by atoms with Crippen LogP contribution in [0.1, 0.15) is 18.2 Å². The SMILES string of the molecule is CCOc1ccccc1-c1nc(CC(=O)NCCc2ccccc2)cs1. The summed E-state index contributed by atoms with van der Waals surface area (Å²) in [6.07, 6.45) is 1.12. The number of benzene rings is 2. The molecule has 3 aromatic rings. The Balaban J connectivity index is 1.56. The van der Waals surface area contributed by atoms with Crippen LogP contribution in [-0.2, 0) is 17.6 Å². The van der Waals surface area contributed by atoms with E-state index in [1.165, 1.54) is 16.9 Å². The second kappa shape index (κ2) is 9.15. The summed E-state index contributed by atoms with van der Waals surface area (Å²) in [5, 5.41) is 5.78. The maximum absolute atomic E-state index is 12.1. The molecule has 0 spiro atoms. The van der Waals surface area contributed by atoms with Crippen molar-refractivity contribution in [1.82, 2.24) is 10.3 Å². The third-order valence-corrected chi connectivity index (χ3v) is 4.81.